The molecule has 1 N–H and O–H groups in total. The summed E-state index contributed by atoms with van der Waals surface area (Å²) in [6.45, 7) is 2.17. The molecule has 0 fully saturated rings. The third-order valence-corrected chi connectivity index (χ3v) is 2.48. The molecule has 0 aliphatic heterocycles. The van der Waals surface area contributed by atoms with Gasteiger partial charge >= 0.3 is 5.97 Å². The third-order valence-electron chi connectivity index (χ3n) is 2.48. The molecule has 0 unspecified atom stereocenters. The fraction of sp³-hybridized carbons (Fsp3) is 0.389. The number of rotatable bonds is 11. The van der Waals surface area contributed by atoms with Gasteiger partial charge in [0.2, 0.25) is 0 Å². The highest BCUT2D eigenvalue weighted by atomic mass is 16.4. The van der Waals surface area contributed by atoms with Gasteiger partial charge in [-0.05, 0) is 25.7 Å². The van der Waals surface area contributed by atoms with Crippen LogP contribution in [-0.2, 0) is 4.79 Å². The van der Waals surface area contributed by atoms with Crippen molar-refractivity contribution in [2.75, 3.05) is 0 Å². The van der Waals surface area contributed by atoms with E-state index < -0.39 is 5.97 Å². The minimum Gasteiger partial charge on any atom is -0.481 e. The van der Waals surface area contributed by atoms with E-state index in [1.807, 2.05) is 36.5 Å². The van der Waals surface area contributed by atoms with Crippen LogP contribution in [0.3, 0.4) is 0 Å². The minimum absolute atomic E-state index is 0.252. The smallest absolute Gasteiger partial charge is 0.303 e. The van der Waals surface area contributed by atoms with E-state index in [4.69, 9.17) is 5.11 Å². The van der Waals surface area contributed by atoms with Crippen molar-refractivity contribution in [3.05, 3.63) is 60.8 Å². The van der Waals surface area contributed by atoms with Gasteiger partial charge in [-0.2, -0.15) is 0 Å². The van der Waals surface area contributed by atoms with E-state index >= 15 is 0 Å². The lowest BCUT2D eigenvalue weighted by atomic mass is 10.2. The Balaban J connectivity index is 3.55. The molecule has 0 aliphatic rings. The Hall–Kier alpha value is -1.83. The van der Waals surface area contributed by atoms with Gasteiger partial charge in [-0.15, -0.1) is 0 Å². The monoisotopic (exact) mass is 274 g/mol. The Bertz CT molecular complexity index is 371. The Morgan fingerprint density at radius 1 is 0.850 bits per heavy atom. The van der Waals surface area contributed by atoms with Crippen LogP contribution in [0.25, 0.3) is 0 Å². The molecule has 0 atom stereocenters. The molecule has 0 saturated carbocycles. The molecule has 2 nitrogen and oxygen atoms in total. The van der Waals surface area contributed by atoms with Crippen molar-refractivity contribution in [1.82, 2.24) is 0 Å². The number of allylic oxidation sites excluding steroid dienone is 10. The van der Waals surface area contributed by atoms with Gasteiger partial charge in [0.15, 0.2) is 0 Å². The molecule has 0 heterocycles. The first-order valence-electron chi connectivity index (χ1n) is 7.29. The van der Waals surface area contributed by atoms with E-state index in [9.17, 15) is 4.79 Å². The molecule has 0 aliphatic carbocycles. The van der Waals surface area contributed by atoms with E-state index in [0.29, 0.717) is 6.42 Å². The van der Waals surface area contributed by atoms with Crippen LogP contribution in [0.1, 0.15) is 45.4 Å². The zero-order chi connectivity index (χ0) is 14.9. The molecule has 0 rings (SSSR count). The van der Waals surface area contributed by atoms with Crippen LogP contribution in [0.2, 0.25) is 0 Å². The molecule has 0 amide bonds. The third kappa shape index (κ3) is 16.2. The number of unbranched alkanes of at least 4 members (excludes halogenated alkanes) is 2. The first-order chi connectivity index (χ1) is 9.77. The lowest BCUT2D eigenvalue weighted by Gasteiger charge is -1.89. The SMILES string of the molecule is CCCC=CC=CC=CC=CCC=CCCCC(=O)O. The normalized spacial score (nSPS) is 12.8. The summed E-state index contributed by atoms with van der Waals surface area (Å²) in [5.74, 6) is -0.721. The largest absolute Gasteiger partial charge is 0.481 e. The van der Waals surface area contributed by atoms with Gasteiger partial charge in [0, 0.05) is 6.42 Å². The predicted molar refractivity (Wildman–Crippen MR) is 86.7 cm³/mol. The van der Waals surface area contributed by atoms with Crippen molar-refractivity contribution in [3.63, 3.8) is 0 Å². The van der Waals surface area contributed by atoms with Crippen LogP contribution >= 0.6 is 0 Å². The zero-order valence-electron chi connectivity index (χ0n) is 12.4. The number of carbonyl (C=O) groups is 1. The van der Waals surface area contributed by atoms with Crippen LogP contribution < -0.4 is 0 Å². The fourth-order valence-electron chi connectivity index (χ4n) is 1.42. The molecule has 0 aromatic heterocycles. The van der Waals surface area contributed by atoms with E-state index in [0.717, 1.165) is 19.3 Å². The average molecular weight is 274 g/mol. The standard InChI is InChI=1S/C18H26O2/c1-2-3-4-5-6-7-8-9-10-11-12-13-14-15-16-17-18(19)20/h4-11,13-14H,2-3,12,15-17H2,1H3,(H,19,20). The van der Waals surface area contributed by atoms with Crippen molar-refractivity contribution in [2.45, 2.75) is 45.4 Å². The molecule has 0 bridgehead atoms. The number of carboxylic acid groups (broad SMARTS) is 1. The summed E-state index contributed by atoms with van der Waals surface area (Å²) in [5, 5.41) is 8.46. The van der Waals surface area contributed by atoms with Gasteiger partial charge in [-0.25, -0.2) is 0 Å². The van der Waals surface area contributed by atoms with Gasteiger partial charge in [0.1, 0.15) is 0 Å². The number of aliphatic carboxylic acids is 1. The average Bonchev–Trinajstić information content (AvgIpc) is 2.43. The van der Waals surface area contributed by atoms with Gasteiger partial charge < -0.3 is 5.11 Å². The maximum absolute atomic E-state index is 10.3. The zero-order valence-corrected chi connectivity index (χ0v) is 12.4. The van der Waals surface area contributed by atoms with E-state index in [1.54, 1.807) is 0 Å². The Labute approximate surface area is 122 Å². The first kappa shape index (κ1) is 18.2. The lowest BCUT2D eigenvalue weighted by molar-refractivity contribution is -0.137. The number of hydrogen-bond acceptors (Lipinski definition) is 1. The Morgan fingerprint density at radius 2 is 1.50 bits per heavy atom. The quantitative estimate of drug-likeness (QED) is 0.319. The molecule has 0 saturated heterocycles. The summed E-state index contributed by atoms with van der Waals surface area (Å²) >= 11 is 0. The van der Waals surface area contributed by atoms with Crippen LogP contribution in [0, 0.1) is 0 Å². The van der Waals surface area contributed by atoms with Crippen molar-refractivity contribution < 1.29 is 9.90 Å². The van der Waals surface area contributed by atoms with E-state index in [-0.39, 0.29) is 6.42 Å². The molecule has 0 spiro atoms. The molecular formula is C18H26O2. The summed E-state index contributed by atoms with van der Waals surface area (Å²) in [6.07, 6.45) is 25.5. The highest BCUT2D eigenvalue weighted by Gasteiger charge is 1.92. The number of carboxylic acids is 1. The lowest BCUT2D eigenvalue weighted by Crippen LogP contribution is -1.92. The van der Waals surface area contributed by atoms with Crippen LogP contribution in [-0.4, -0.2) is 11.1 Å². The molecule has 110 valence electrons. The molecule has 20 heavy (non-hydrogen) atoms. The van der Waals surface area contributed by atoms with Gasteiger partial charge in [0.05, 0.1) is 0 Å². The summed E-state index contributed by atoms with van der Waals surface area (Å²) < 4.78 is 0. The molecule has 0 radical (unpaired) electrons. The summed E-state index contributed by atoms with van der Waals surface area (Å²) in [7, 11) is 0. The molecule has 0 aromatic carbocycles. The topological polar surface area (TPSA) is 37.3 Å². The van der Waals surface area contributed by atoms with Crippen molar-refractivity contribution in [3.8, 4) is 0 Å². The molecule has 2 heteroatoms. The van der Waals surface area contributed by atoms with Crippen LogP contribution in [0.5, 0.6) is 0 Å². The predicted octanol–water partition coefficient (Wildman–Crippen LogP) is 5.21. The van der Waals surface area contributed by atoms with E-state index in [1.165, 1.54) is 6.42 Å². The first-order valence-corrected chi connectivity index (χ1v) is 7.29. The van der Waals surface area contributed by atoms with Crippen molar-refractivity contribution >= 4 is 5.97 Å². The van der Waals surface area contributed by atoms with Gasteiger partial charge in [0.25, 0.3) is 0 Å². The van der Waals surface area contributed by atoms with Gasteiger partial charge in [-0.3, -0.25) is 4.79 Å². The second kappa shape index (κ2) is 15.2. The maximum Gasteiger partial charge on any atom is 0.303 e. The van der Waals surface area contributed by atoms with Crippen molar-refractivity contribution in [1.29, 1.82) is 0 Å². The highest BCUT2D eigenvalue weighted by Crippen LogP contribution is 1.98. The fourth-order valence-corrected chi connectivity index (χ4v) is 1.42. The second-order valence-corrected chi connectivity index (χ2v) is 4.41. The Kier molecular flexibility index (Phi) is 13.8. The summed E-state index contributed by atoms with van der Waals surface area (Å²) in [6, 6.07) is 0. The molecule has 0 aromatic rings. The number of hydrogen-bond donors (Lipinski definition) is 1. The summed E-state index contributed by atoms with van der Waals surface area (Å²) in [4.78, 5) is 10.3. The maximum atomic E-state index is 10.3. The highest BCUT2D eigenvalue weighted by molar-refractivity contribution is 5.66. The van der Waals surface area contributed by atoms with Gasteiger partial charge in [-0.1, -0.05) is 74.1 Å². The Morgan fingerprint density at radius 3 is 2.15 bits per heavy atom. The molecular weight excluding hydrogens is 248 g/mol. The minimum atomic E-state index is -0.721. The van der Waals surface area contributed by atoms with E-state index in [2.05, 4.69) is 31.2 Å². The van der Waals surface area contributed by atoms with Crippen molar-refractivity contribution in [2.24, 2.45) is 0 Å². The second-order valence-electron chi connectivity index (χ2n) is 4.41. The summed E-state index contributed by atoms with van der Waals surface area (Å²) in [5.41, 5.74) is 0. The van der Waals surface area contributed by atoms with Crippen LogP contribution in [0.15, 0.2) is 60.8 Å². The van der Waals surface area contributed by atoms with Crippen LogP contribution in [0.4, 0.5) is 0 Å².